The molecule has 0 amide bonds. The minimum absolute atomic E-state index is 0. The summed E-state index contributed by atoms with van der Waals surface area (Å²) in [5.74, 6) is 0. The third-order valence-corrected chi connectivity index (χ3v) is 2.57. The summed E-state index contributed by atoms with van der Waals surface area (Å²) in [5.41, 5.74) is 2.56. The molecule has 1 atom stereocenters. The van der Waals surface area contributed by atoms with Crippen LogP contribution in [0.2, 0.25) is 0 Å². The molecule has 0 saturated heterocycles. The minimum Gasteiger partial charge on any atom is -0.382 e. The number of nitrogens with one attached hydrogen (secondary N) is 1. The number of rotatable bonds is 4. The van der Waals surface area contributed by atoms with Crippen LogP contribution in [0.1, 0.15) is 12.5 Å². The molecule has 0 heterocycles. The van der Waals surface area contributed by atoms with E-state index in [1.807, 2.05) is 6.07 Å². The summed E-state index contributed by atoms with van der Waals surface area (Å²) < 4.78 is 0. The van der Waals surface area contributed by atoms with Gasteiger partial charge in [-0.1, -0.05) is 48.5 Å². The van der Waals surface area contributed by atoms with E-state index in [9.17, 15) is 0 Å². The van der Waals surface area contributed by atoms with Crippen molar-refractivity contribution in [2.75, 3.05) is 5.32 Å². The first-order valence-corrected chi connectivity index (χ1v) is 5.70. The fraction of sp³-hybridized carbons (Fsp3) is 0.200. The first kappa shape index (κ1) is 13.6. The summed E-state index contributed by atoms with van der Waals surface area (Å²) in [4.78, 5) is 0. The lowest BCUT2D eigenvalue weighted by Gasteiger charge is -2.15. The van der Waals surface area contributed by atoms with Gasteiger partial charge in [0.1, 0.15) is 0 Å². The largest absolute Gasteiger partial charge is 0.382 e. The van der Waals surface area contributed by atoms with Crippen LogP contribution in [0.5, 0.6) is 0 Å². The lowest BCUT2D eigenvalue weighted by molar-refractivity contribution is 0.790. The van der Waals surface area contributed by atoms with E-state index in [0.29, 0.717) is 6.04 Å². The monoisotopic (exact) mass is 247 g/mol. The van der Waals surface area contributed by atoms with Crippen molar-refractivity contribution in [3.05, 3.63) is 66.2 Å². The average molecular weight is 248 g/mol. The Morgan fingerprint density at radius 1 is 0.882 bits per heavy atom. The normalized spacial score (nSPS) is 11.4. The highest BCUT2D eigenvalue weighted by atomic mass is 35.5. The van der Waals surface area contributed by atoms with Crippen molar-refractivity contribution in [2.24, 2.45) is 0 Å². The van der Waals surface area contributed by atoms with E-state index in [-0.39, 0.29) is 12.4 Å². The molecule has 1 nitrogen and oxygen atoms in total. The number of hydrogen-bond donors (Lipinski definition) is 1. The Morgan fingerprint density at radius 2 is 1.41 bits per heavy atom. The topological polar surface area (TPSA) is 12.0 Å². The molecule has 2 rings (SSSR count). The van der Waals surface area contributed by atoms with Gasteiger partial charge in [0, 0.05) is 11.7 Å². The molecule has 0 saturated carbocycles. The standard InChI is InChI=1S/C15H17N.ClH/c1-13(12-14-8-4-2-5-9-14)16-15-10-6-3-7-11-15;/h2-11,13,16H,12H2,1H3;1H. The Balaban J connectivity index is 0.00000144. The van der Waals surface area contributed by atoms with Gasteiger partial charge in [-0.3, -0.25) is 0 Å². The number of anilines is 1. The maximum absolute atomic E-state index is 3.49. The maximum Gasteiger partial charge on any atom is 0.0342 e. The van der Waals surface area contributed by atoms with E-state index in [1.165, 1.54) is 11.3 Å². The molecule has 2 aromatic carbocycles. The van der Waals surface area contributed by atoms with Gasteiger partial charge in [-0.25, -0.2) is 0 Å². The van der Waals surface area contributed by atoms with Gasteiger partial charge in [0.15, 0.2) is 0 Å². The second-order valence-electron chi connectivity index (χ2n) is 4.10. The molecule has 0 aliphatic carbocycles. The van der Waals surface area contributed by atoms with Gasteiger partial charge < -0.3 is 5.32 Å². The van der Waals surface area contributed by atoms with Crippen molar-refractivity contribution in [1.29, 1.82) is 0 Å². The molecular weight excluding hydrogens is 230 g/mol. The smallest absolute Gasteiger partial charge is 0.0342 e. The van der Waals surface area contributed by atoms with Crippen LogP contribution < -0.4 is 5.32 Å². The predicted molar refractivity (Wildman–Crippen MR) is 76.9 cm³/mol. The SMILES string of the molecule is CC(Cc1ccccc1)Nc1ccccc1.Cl. The Morgan fingerprint density at radius 3 is 2.00 bits per heavy atom. The quantitative estimate of drug-likeness (QED) is 0.856. The summed E-state index contributed by atoms with van der Waals surface area (Å²) in [5, 5.41) is 3.49. The lowest BCUT2D eigenvalue weighted by Crippen LogP contribution is -2.17. The van der Waals surface area contributed by atoms with E-state index < -0.39 is 0 Å². The third kappa shape index (κ3) is 4.49. The molecule has 0 aliphatic heterocycles. The van der Waals surface area contributed by atoms with E-state index in [0.717, 1.165) is 6.42 Å². The second kappa shape index (κ2) is 6.97. The summed E-state index contributed by atoms with van der Waals surface area (Å²) in [7, 11) is 0. The van der Waals surface area contributed by atoms with Gasteiger partial charge in [0.25, 0.3) is 0 Å². The van der Waals surface area contributed by atoms with Crippen molar-refractivity contribution in [2.45, 2.75) is 19.4 Å². The molecule has 17 heavy (non-hydrogen) atoms. The molecule has 0 bridgehead atoms. The van der Waals surface area contributed by atoms with Crippen LogP contribution in [0.3, 0.4) is 0 Å². The van der Waals surface area contributed by atoms with Crippen LogP contribution in [0.15, 0.2) is 60.7 Å². The molecule has 1 N–H and O–H groups in total. The van der Waals surface area contributed by atoms with Crippen molar-refractivity contribution >= 4 is 18.1 Å². The Hall–Kier alpha value is -1.47. The number of hydrogen-bond acceptors (Lipinski definition) is 1. The van der Waals surface area contributed by atoms with Crippen LogP contribution in [0.4, 0.5) is 5.69 Å². The molecular formula is C15H18ClN. The number of benzene rings is 2. The zero-order valence-electron chi connectivity index (χ0n) is 9.97. The van der Waals surface area contributed by atoms with E-state index >= 15 is 0 Å². The van der Waals surface area contributed by atoms with Gasteiger partial charge in [-0.2, -0.15) is 0 Å². The van der Waals surface area contributed by atoms with Gasteiger partial charge in [-0.05, 0) is 31.0 Å². The number of para-hydroxylation sites is 1. The van der Waals surface area contributed by atoms with E-state index in [1.54, 1.807) is 0 Å². The van der Waals surface area contributed by atoms with Crippen LogP contribution in [-0.4, -0.2) is 6.04 Å². The summed E-state index contributed by atoms with van der Waals surface area (Å²) >= 11 is 0. The Kier molecular flexibility index (Phi) is 5.58. The minimum atomic E-state index is 0. The first-order chi connectivity index (χ1) is 7.84. The summed E-state index contributed by atoms with van der Waals surface area (Å²) in [6.45, 7) is 2.21. The highest BCUT2D eigenvalue weighted by Crippen LogP contribution is 2.10. The van der Waals surface area contributed by atoms with Gasteiger partial charge >= 0.3 is 0 Å². The van der Waals surface area contributed by atoms with Crippen LogP contribution in [0.25, 0.3) is 0 Å². The van der Waals surface area contributed by atoms with Crippen molar-refractivity contribution < 1.29 is 0 Å². The highest BCUT2D eigenvalue weighted by Gasteiger charge is 2.02. The zero-order valence-corrected chi connectivity index (χ0v) is 10.8. The second-order valence-corrected chi connectivity index (χ2v) is 4.10. The third-order valence-electron chi connectivity index (χ3n) is 2.57. The molecule has 2 aromatic rings. The fourth-order valence-corrected chi connectivity index (χ4v) is 1.84. The molecule has 0 fully saturated rings. The predicted octanol–water partition coefficient (Wildman–Crippen LogP) is 4.15. The highest BCUT2D eigenvalue weighted by molar-refractivity contribution is 5.85. The Bertz CT molecular complexity index is 372. The van der Waals surface area contributed by atoms with Crippen LogP contribution >= 0.6 is 12.4 Å². The zero-order chi connectivity index (χ0) is 11.2. The van der Waals surface area contributed by atoms with Crippen molar-refractivity contribution in [3.63, 3.8) is 0 Å². The molecule has 1 unspecified atom stereocenters. The van der Waals surface area contributed by atoms with E-state index in [4.69, 9.17) is 0 Å². The van der Waals surface area contributed by atoms with Gasteiger partial charge in [-0.15, -0.1) is 12.4 Å². The lowest BCUT2D eigenvalue weighted by atomic mass is 10.1. The summed E-state index contributed by atoms with van der Waals surface area (Å²) in [6.07, 6.45) is 1.05. The van der Waals surface area contributed by atoms with Crippen molar-refractivity contribution in [3.8, 4) is 0 Å². The molecule has 0 radical (unpaired) electrons. The van der Waals surface area contributed by atoms with Gasteiger partial charge in [0.05, 0.1) is 0 Å². The molecule has 0 aliphatic rings. The Labute approximate surface area is 109 Å². The fourth-order valence-electron chi connectivity index (χ4n) is 1.84. The molecule has 2 heteroatoms. The average Bonchev–Trinajstić information content (AvgIpc) is 2.31. The number of halogens is 1. The molecule has 90 valence electrons. The van der Waals surface area contributed by atoms with Gasteiger partial charge in [0.2, 0.25) is 0 Å². The molecule has 0 aromatic heterocycles. The van der Waals surface area contributed by atoms with Crippen molar-refractivity contribution in [1.82, 2.24) is 0 Å². The van der Waals surface area contributed by atoms with E-state index in [2.05, 4.69) is 66.8 Å². The summed E-state index contributed by atoms with van der Waals surface area (Å²) in [6, 6.07) is 21.4. The van der Waals surface area contributed by atoms with Crippen LogP contribution in [-0.2, 0) is 6.42 Å². The molecule has 0 spiro atoms. The van der Waals surface area contributed by atoms with Crippen LogP contribution in [0, 0.1) is 0 Å². The first-order valence-electron chi connectivity index (χ1n) is 5.70. The maximum atomic E-state index is 3.49.